The van der Waals surface area contributed by atoms with Crippen molar-refractivity contribution in [3.63, 3.8) is 0 Å². The van der Waals surface area contributed by atoms with Gasteiger partial charge in [0.1, 0.15) is 5.78 Å². The number of carbonyl (C=O) groups is 3. The highest BCUT2D eigenvalue weighted by atomic mass is 16.2. The standard InChI is InChI=1S/C16H27N3O3/c1-10-7-6-8-16(4,5)14(10)13(21)9-11(2)19(12(3)20)18-15(17)22/h6-7,10-11,14H,8-9H2,1-5H3,(H3,17,18,22)/t10-,11+,14-/m0/s1. The molecule has 3 atom stereocenters. The third kappa shape index (κ3) is 4.32. The van der Waals surface area contributed by atoms with Gasteiger partial charge < -0.3 is 5.73 Å². The van der Waals surface area contributed by atoms with E-state index >= 15 is 0 Å². The molecule has 3 amide bonds. The molecule has 0 saturated carbocycles. The largest absolute Gasteiger partial charge is 0.350 e. The van der Waals surface area contributed by atoms with Gasteiger partial charge in [-0.15, -0.1) is 0 Å². The van der Waals surface area contributed by atoms with Crippen LogP contribution in [0.1, 0.15) is 47.5 Å². The Hall–Kier alpha value is -1.85. The number of nitrogens with zero attached hydrogens (tertiary/aromatic N) is 1. The second-order valence-electron chi connectivity index (χ2n) is 6.84. The van der Waals surface area contributed by atoms with Crippen molar-refractivity contribution in [1.82, 2.24) is 10.4 Å². The zero-order valence-corrected chi connectivity index (χ0v) is 14.1. The Kier molecular flexibility index (Phi) is 5.74. The number of hydrazine groups is 1. The monoisotopic (exact) mass is 309 g/mol. The molecule has 6 nitrogen and oxygen atoms in total. The molecule has 0 aromatic heterocycles. The van der Waals surface area contributed by atoms with E-state index in [9.17, 15) is 14.4 Å². The summed E-state index contributed by atoms with van der Waals surface area (Å²) in [7, 11) is 0. The maximum Gasteiger partial charge on any atom is 0.331 e. The van der Waals surface area contributed by atoms with Gasteiger partial charge in [-0.3, -0.25) is 9.59 Å². The Morgan fingerprint density at radius 2 is 2.00 bits per heavy atom. The van der Waals surface area contributed by atoms with Gasteiger partial charge in [-0.05, 0) is 24.7 Å². The number of hydrogen-bond acceptors (Lipinski definition) is 3. The van der Waals surface area contributed by atoms with Crippen LogP contribution in [0.3, 0.4) is 0 Å². The third-order valence-electron chi connectivity index (χ3n) is 4.31. The number of urea groups is 1. The van der Waals surface area contributed by atoms with Gasteiger partial charge in [0, 0.05) is 19.3 Å². The predicted octanol–water partition coefficient (Wildman–Crippen LogP) is 2.00. The summed E-state index contributed by atoms with van der Waals surface area (Å²) in [4.78, 5) is 35.3. The Morgan fingerprint density at radius 1 is 1.41 bits per heavy atom. The summed E-state index contributed by atoms with van der Waals surface area (Å²) in [5.74, 6) is -0.178. The lowest BCUT2D eigenvalue weighted by Crippen LogP contribution is -2.53. The fourth-order valence-corrected chi connectivity index (χ4v) is 3.39. The van der Waals surface area contributed by atoms with Crippen LogP contribution in [0.4, 0.5) is 4.79 Å². The number of nitrogens with two attached hydrogens (primary N) is 1. The molecule has 1 rings (SSSR count). The van der Waals surface area contributed by atoms with E-state index in [1.165, 1.54) is 6.92 Å². The lowest BCUT2D eigenvalue weighted by atomic mass is 9.64. The highest BCUT2D eigenvalue weighted by Gasteiger charge is 2.40. The normalized spacial score (nSPS) is 24.4. The molecule has 6 heteroatoms. The van der Waals surface area contributed by atoms with E-state index in [4.69, 9.17) is 5.73 Å². The molecule has 0 saturated heterocycles. The molecule has 0 heterocycles. The molecule has 1 aliphatic carbocycles. The summed E-state index contributed by atoms with van der Waals surface area (Å²) < 4.78 is 0. The molecule has 0 unspecified atom stereocenters. The number of rotatable bonds is 4. The van der Waals surface area contributed by atoms with Gasteiger partial charge in [-0.2, -0.15) is 0 Å². The first-order valence-corrected chi connectivity index (χ1v) is 7.61. The van der Waals surface area contributed by atoms with E-state index in [2.05, 4.69) is 31.4 Å². The van der Waals surface area contributed by atoms with Crippen LogP contribution in [-0.4, -0.2) is 28.8 Å². The molecule has 0 radical (unpaired) electrons. The molecule has 22 heavy (non-hydrogen) atoms. The lowest BCUT2D eigenvalue weighted by Gasteiger charge is -2.39. The van der Waals surface area contributed by atoms with E-state index < -0.39 is 12.1 Å². The summed E-state index contributed by atoms with van der Waals surface area (Å²) >= 11 is 0. The first-order valence-electron chi connectivity index (χ1n) is 7.61. The highest BCUT2D eigenvalue weighted by Crippen LogP contribution is 2.41. The number of nitrogens with one attached hydrogen (secondary N) is 1. The van der Waals surface area contributed by atoms with Gasteiger partial charge in [0.25, 0.3) is 0 Å². The van der Waals surface area contributed by atoms with E-state index in [1.807, 2.05) is 6.92 Å². The highest BCUT2D eigenvalue weighted by molar-refractivity contribution is 5.84. The average molecular weight is 309 g/mol. The van der Waals surface area contributed by atoms with Crippen LogP contribution in [-0.2, 0) is 9.59 Å². The van der Waals surface area contributed by atoms with E-state index in [0.717, 1.165) is 11.4 Å². The number of hydrogen-bond donors (Lipinski definition) is 2. The van der Waals surface area contributed by atoms with Gasteiger partial charge in [0.15, 0.2) is 0 Å². The molecular formula is C16H27N3O3. The summed E-state index contributed by atoms with van der Waals surface area (Å²) in [6.07, 6.45) is 5.24. The maximum atomic E-state index is 12.7. The zero-order chi connectivity index (χ0) is 17.1. The summed E-state index contributed by atoms with van der Waals surface area (Å²) in [5, 5.41) is 1.12. The Morgan fingerprint density at radius 3 is 2.45 bits per heavy atom. The molecule has 0 bridgehead atoms. The molecule has 0 aromatic rings. The van der Waals surface area contributed by atoms with Crippen LogP contribution in [0.15, 0.2) is 12.2 Å². The SMILES string of the molecule is CC(=O)N(NC(N)=O)[C@H](C)CC(=O)[C@@H]1[C@@H](C)C=CCC1(C)C. The Labute approximate surface area is 132 Å². The number of amides is 3. The van der Waals surface area contributed by atoms with Gasteiger partial charge in [0.2, 0.25) is 5.91 Å². The van der Waals surface area contributed by atoms with Crippen molar-refractivity contribution in [2.75, 3.05) is 0 Å². The van der Waals surface area contributed by atoms with E-state index in [1.54, 1.807) is 6.92 Å². The van der Waals surface area contributed by atoms with Gasteiger partial charge in [-0.25, -0.2) is 15.2 Å². The van der Waals surface area contributed by atoms with Crippen LogP contribution in [0.5, 0.6) is 0 Å². The molecular weight excluding hydrogens is 282 g/mol. The van der Waals surface area contributed by atoms with Crippen LogP contribution in [0.25, 0.3) is 0 Å². The molecule has 0 aliphatic heterocycles. The number of ketones is 1. The first-order chi connectivity index (χ1) is 10.1. The summed E-state index contributed by atoms with van der Waals surface area (Å²) in [6, 6.07) is -1.25. The fraction of sp³-hybridized carbons (Fsp3) is 0.688. The Balaban J connectivity index is 2.83. The zero-order valence-electron chi connectivity index (χ0n) is 14.1. The van der Waals surface area contributed by atoms with Crippen LogP contribution in [0, 0.1) is 17.3 Å². The molecule has 0 fully saturated rings. The molecule has 124 valence electrons. The average Bonchev–Trinajstić information content (AvgIpc) is 2.33. The smallest absolute Gasteiger partial charge is 0.331 e. The van der Waals surface area contributed by atoms with Crippen LogP contribution in [0.2, 0.25) is 0 Å². The number of carbonyl (C=O) groups excluding carboxylic acids is 3. The fourth-order valence-electron chi connectivity index (χ4n) is 3.39. The number of allylic oxidation sites excluding steroid dienone is 2. The van der Waals surface area contributed by atoms with Crippen LogP contribution < -0.4 is 11.2 Å². The van der Waals surface area contributed by atoms with Crippen molar-refractivity contribution in [3.8, 4) is 0 Å². The van der Waals surface area contributed by atoms with Gasteiger partial charge >= 0.3 is 6.03 Å². The van der Waals surface area contributed by atoms with Crippen molar-refractivity contribution in [3.05, 3.63) is 12.2 Å². The predicted molar refractivity (Wildman–Crippen MR) is 84.5 cm³/mol. The minimum Gasteiger partial charge on any atom is -0.350 e. The van der Waals surface area contributed by atoms with Crippen molar-refractivity contribution < 1.29 is 14.4 Å². The second-order valence-corrected chi connectivity index (χ2v) is 6.84. The van der Waals surface area contributed by atoms with Crippen LogP contribution >= 0.6 is 0 Å². The quantitative estimate of drug-likeness (QED) is 0.614. The van der Waals surface area contributed by atoms with E-state index in [-0.39, 0.29) is 35.4 Å². The summed E-state index contributed by atoms with van der Waals surface area (Å²) in [5.41, 5.74) is 7.24. The minimum absolute atomic E-state index is 0.0951. The molecule has 0 spiro atoms. The number of primary amides is 1. The topological polar surface area (TPSA) is 92.5 Å². The Bertz CT molecular complexity index is 485. The second kappa shape index (κ2) is 6.94. The lowest BCUT2D eigenvalue weighted by molar-refractivity contribution is -0.136. The summed E-state index contributed by atoms with van der Waals surface area (Å²) in [6.45, 7) is 9.27. The van der Waals surface area contributed by atoms with E-state index in [0.29, 0.717) is 0 Å². The van der Waals surface area contributed by atoms with Gasteiger partial charge in [0.05, 0.1) is 6.04 Å². The molecule has 0 aromatic carbocycles. The third-order valence-corrected chi connectivity index (χ3v) is 4.31. The minimum atomic E-state index is -0.816. The molecule has 1 aliphatic rings. The first kappa shape index (κ1) is 18.2. The molecule has 3 N–H and O–H groups in total. The van der Waals surface area contributed by atoms with Crippen molar-refractivity contribution in [1.29, 1.82) is 0 Å². The van der Waals surface area contributed by atoms with Gasteiger partial charge in [-0.1, -0.05) is 32.9 Å². The maximum absolute atomic E-state index is 12.7. The van der Waals surface area contributed by atoms with Crippen molar-refractivity contribution in [2.24, 2.45) is 23.0 Å². The number of Topliss-reactive ketones (excluding diaryl/α,β-unsaturated/α-hetero) is 1. The van der Waals surface area contributed by atoms with Crippen molar-refractivity contribution >= 4 is 17.7 Å². The van der Waals surface area contributed by atoms with Crippen molar-refractivity contribution in [2.45, 2.75) is 53.5 Å².